The Balaban J connectivity index is 1.86. The van der Waals surface area contributed by atoms with Gasteiger partial charge in [-0.1, -0.05) is 91.0 Å². The van der Waals surface area contributed by atoms with E-state index in [1.54, 1.807) is 0 Å². The zero-order valence-electron chi connectivity index (χ0n) is 17.6. The number of nitrogens with two attached hydrogens (primary N) is 1. The van der Waals surface area contributed by atoms with E-state index < -0.39 is 17.6 Å². The monoisotopic (exact) mass is 413 g/mol. The number of benzene rings is 3. The Morgan fingerprint density at radius 1 is 0.935 bits per heavy atom. The second-order valence-electron chi connectivity index (χ2n) is 7.60. The number of carbonyl (C=O) groups is 1. The summed E-state index contributed by atoms with van der Waals surface area (Å²) in [5.74, 6) is -0.415. The third-order valence-corrected chi connectivity index (χ3v) is 5.74. The van der Waals surface area contributed by atoms with Crippen LogP contribution in [0, 0.1) is 0 Å². The van der Waals surface area contributed by atoms with Gasteiger partial charge in [0.15, 0.2) is 0 Å². The summed E-state index contributed by atoms with van der Waals surface area (Å²) in [6, 6.07) is 30.7. The van der Waals surface area contributed by atoms with Crippen LogP contribution in [-0.2, 0) is 15.1 Å². The van der Waals surface area contributed by atoms with E-state index in [1.807, 2.05) is 18.2 Å². The number of esters is 1. The molecule has 0 bridgehead atoms. The molecule has 31 heavy (non-hydrogen) atoms. The van der Waals surface area contributed by atoms with Crippen LogP contribution in [-0.4, -0.2) is 30.7 Å². The smallest absolute Gasteiger partial charge is 0.323 e. The zero-order chi connectivity index (χ0) is 21.7. The largest absolute Gasteiger partial charge is 0.468 e. The van der Waals surface area contributed by atoms with Gasteiger partial charge in [0.05, 0.1) is 13.8 Å². The molecule has 3 N–H and O–H groups in total. The Morgan fingerprint density at radius 3 is 1.81 bits per heavy atom. The van der Waals surface area contributed by atoms with Crippen molar-refractivity contribution < 1.29 is 9.53 Å². The van der Waals surface area contributed by atoms with E-state index in [1.165, 1.54) is 7.11 Å². The molecule has 5 heteroatoms. The molecule has 0 fully saturated rings. The second kappa shape index (κ2) is 9.06. The van der Waals surface area contributed by atoms with Crippen molar-refractivity contribution in [1.29, 1.82) is 0 Å². The molecule has 0 spiro atoms. The van der Waals surface area contributed by atoms with Gasteiger partial charge in [0, 0.05) is 18.3 Å². The van der Waals surface area contributed by atoms with Crippen molar-refractivity contribution in [2.45, 2.75) is 18.0 Å². The van der Waals surface area contributed by atoms with Crippen molar-refractivity contribution in [3.05, 3.63) is 120 Å². The van der Waals surface area contributed by atoms with Crippen molar-refractivity contribution >= 4 is 5.97 Å². The van der Waals surface area contributed by atoms with Gasteiger partial charge in [0.25, 0.3) is 0 Å². The number of carbonyl (C=O) groups excluding carboxylic acids is 1. The third-order valence-electron chi connectivity index (χ3n) is 5.74. The summed E-state index contributed by atoms with van der Waals surface area (Å²) in [7, 11) is 1.36. The molecule has 5 nitrogen and oxygen atoms in total. The molecule has 158 valence electrons. The van der Waals surface area contributed by atoms with Crippen LogP contribution in [0.25, 0.3) is 0 Å². The maximum Gasteiger partial charge on any atom is 0.323 e. The molecule has 0 saturated carbocycles. The van der Waals surface area contributed by atoms with Gasteiger partial charge >= 0.3 is 5.97 Å². The first kappa shape index (κ1) is 20.7. The van der Waals surface area contributed by atoms with Gasteiger partial charge in [0.1, 0.15) is 11.6 Å². The van der Waals surface area contributed by atoms with Crippen molar-refractivity contribution in [1.82, 2.24) is 10.2 Å². The van der Waals surface area contributed by atoms with E-state index in [0.717, 1.165) is 22.4 Å². The molecule has 0 saturated heterocycles. The van der Waals surface area contributed by atoms with Gasteiger partial charge in [-0.3, -0.25) is 4.79 Å². The van der Waals surface area contributed by atoms with Gasteiger partial charge in [0.2, 0.25) is 0 Å². The first-order chi connectivity index (χ1) is 15.2. The van der Waals surface area contributed by atoms with Crippen molar-refractivity contribution in [3.8, 4) is 0 Å². The van der Waals surface area contributed by atoms with Gasteiger partial charge < -0.3 is 20.7 Å². The SMILES string of the molecule is COC(=O)[C@H](N)CC1=CN(C(c2ccccc2)(c2ccccc2)c2ccccc2)CN1. The topological polar surface area (TPSA) is 67.6 Å². The van der Waals surface area contributed by atoms with Gasteiger partial charge in [-0.05, 0) is 16.7 Å². The molecule has 1 heterocycles. The highest BCUT2D eigenvalue weighted by molar-refractivity contribution is 5.75. The number of nitrogens with one attached hydrogen (secondary N) is 1. The predicted molar refractivity (Wildman–Crippen MR) is 122 cm³/mol. The normalized spacial score (nSPS) is 14.5. The molecule has 0 amide bonds. The average Bonchev–Trinajstić information content (AvgIpc) is 3.29. The fourth-order valence-corrected chi connectivity index (χ4v) is 4.31. The molecule has 1 aliphatic rings. The molecule has 0 unspecified atom stereocenters. The van der Waals surface area contributed by atoms with Gasteiger partial charge in [-0.15, -0.1) is 0 Å². The lowest BCUT2D eigenvalue weighted by atomic mass is 9.76. The average molecular weight is 414 g/mol. The Bertz CT molecular complexity index is 939. The third kappa shape index (κ3) is 3.92. The summed E-state index contributed by atoms with van der Waals surface area (Å²) >= 11 is 0. The molecule has 1 atom stereocenters. The maximum absolute atomic E-state index is 11.8. The van der Waals surface area contributed by atoms with E-state index >= 15 is 0 Å². The second-order valence-corrected chi connectivity index (χ2v) is 7.60. The summed E-state index contributed by atoms with van der Waals surface area (Å²) in [4.78, 5) is 14.1. The minimum atomic E-state index is -0.705. The number of ether oxygens (including phenoxy) is 1. The van der Waals surface area contributed by atoms with E-state index in [0.29, 0.717) is 13.1 Å². The Kier molecular flexibility index (Phi) is 6.05. The molecule has 3 aromatic carbocycles. The van der Waals surface area contributed by atoms with Gasteiger partial charge in [-0.2, -0.15) is 0 Å². The molecule has 4 rings (SSSR count). The van der Waals surface area contributed by atoms with Crippen molar-refractivity contribution in [3.63, 3.8) is 0 Å². The lowest BCUT2D eigenvalue weighted by Crippen LogP contribution is -2.45. The van der Waals surface area contributed by atoms with Crippen LogP contribution >= 0.6 is 0 Å². The zero-order valence-corrected chi connectivity index (χ0v) is 17.6. The Labute approximate surface area is 183 Å². The molecular weight excluding hydrogens is 386 g/mol. The number of hydrogen-bond acceptors (Lipinski definition) is 5. The first-order valence-corrected chi connectivity index (χ1v) is 10.4. The molecular formula is C26H27N3O2. The minimum Gasteiger partial charge on any atom is -0.468 e. The van der Waals surface area contributed by atoms with E-state index in [4.69, 9.17) is 10.5 Å². The summed E-state index contributed by atoms with van der Waals surface area (Å²) in [5.41, 5.74) is 9.85. The van der Waals surface area contributed by atoms with Crippen molar-refractivity contribution in [2.75, 3.05) is 13.8 Å². The van der Waals surface area contributed by atoms with Crippen LogP contribution in [0.1, 0.15) is 23.1 Å². The van der Waals surface area contributed by atoms with E-state index in [-0.39, 0.29) is 0 Å². The molecule has 0 radical (unpaired) electrons. The van der Waals surface area contributed by atoms with Crippen LogP contribution in [0.2, 0.25) is 0 Å². The molecule has 0 aliphatic carbocycles. The highest BCUT2D eigenvalue weighted by atomic mass is 16.5. The summed E-state index contributed by atoms with van der Waals surface area (Å²) in [6.45, 7) is 0.585. The van der Waals surface area contributed by atoms with E-state index in [2.05, 4.69) is 89.2 Å². The van der Waals surface area contributed by atoms with Crippen LogP contribution in [0.3, 0.4) is 0 Å². The number of rotatable bonds is 7. The molecule has 1 aliphatic heterocycles. The van der Waals surface area contributed by atoms with Gasteiger partial charge in [-0.25, -0.2) is 0 Å². The number of hydrogen-bond donors (Lipinski definition) is 2. The highest BCUT2D eigenvalue weighted by Gasteiger charge is 2.42. The molecule has 0 aromatic heterocycles. The standard InChI is InChI=1S/C26H27N3O2/c1-31-25(30)24(27)17-23-18-29(19-28-23)26(20-11-5-2-6-12-20,21-13-7-3-8-14-21)22-15-9-4-10-16-22/h2-16,18,24,28H,17,19,27H2,1H3/t24-/m1/s1. The van der Waals surface area contributed by atoms with E-state index in [9.17, 15) is 4.79 Å². The highest BCUT2D eigenvalue weighted by Crippen LogP contribution is 2.43. The molecule has 3 aromatic rings. The number of methoxy groups -OCH3 is 1. The van der Waals surface area contributed by atoms with Crippen LogP contribution in [0.5, 0.6) is 0 Å². The fraction of sp³-hybridized carbons (Fsp3) is 0.192. The summed E-state index contributed by atoms with van der Waals surface area (Å²) in [5, 5.41) is 3.43. The maximum atomic E-state index is 11.8. The summed E-state index contributed by atoms with van der Waals surface area (Å²) in [6.07, 6.45) is 2.47. The Morgan fingerprint density at radius 2 is 1.39 bits per heavy atom. The number of nitrogens with zero attached hydrogens (tertiary/aromatic N) is 1. The lowest BCUT2D eigenvalue weighted by molar-refractivity contribution is -0.142. The fourth-order valence-electron chi connectivity index (χ4n) is 4.31. The van der Waals surface area contributed by atoms with Crippen LogP contribution in [0.15, 0.2) is 103 Å². The lowest BCUT2D eigenvalue weighted by Gasteiger charge is -2.43. The minimum absolute atomic E-state index is 0.387. The quantitative estimate of drug-likeness (QED) is 0.458. The van der Waals surface area contributed by atoms with Crippen LogP contribution in [0.4, 0.5) is 0 Å². The van der Waals surface area contributed by atoms with Crippen LogP contribution < -0.4 is 11.1 Å². The predicted octanol–water partition coefficient (Wildman–Crippen LogP) is 3.57. The first-order valence-electron chi connectivity index (χ1n) is 10.4. The Hall–Kier alpha value is -3.57. The summed E-state index contributed by atoms with van der Waals surface area (Å²) < 4.78 is 4.79. The van der Waals surface area contributed by atoms with Crippen molar-refractivity contribution in [2.24, 2.45) is 5.73 Å².